The molecular weight excluding hydrogens is 174 g/mol. The largest absolute Gasteiger partial charge is 0.493 e. The second kappa shape index (κ2) is 4.47. The van der Waals surface area contributed by atoms with Gasteiger partial charge in [-0.3, -0.25) is 0 Å². The van der Waals surface area contributed by atoms with Crippen LogP contribution in [-0.2, 0) is 12.8 Å². The van der Waals surface area contributed by atoms with Crippen LogP contribution in [0.2, 0.25) is 0 Å². The van der Waals surface area contributed by atoms with Gasteiger partial charge in [0, 0.05) is 0 Å². The standard InChI is InChI=1S/C12H17NO/c13-7-6-10-4-5-12-11(9-10)3-1-2-8-14-12/h4-5,9H,1-3,6-8,13H2. The molecule has 76 valence electrons. The van der Waals surface area contributed by atoms with E-state index in [0.717, 1.165) is 31.7 Å². The van der Waals surface area contributed by atoms with Crippen LogP contribution >= 0.6 is 0 Å². The first-order chi connectivity index (χ1) is 6.90. The predicted octanol–water partition coefficient (Wildman–Crippen LogP) is 1.90. The van der Waals surface area contributed by atoms with Crippen LogP contribution in [0.1, 0.15) is 24.0 Å². The minimum atomic E-state index is 0.722. The van der Waals surface area contributed by atoms with Gasteiger partial charge in [0.25, 0.3) is 0 Å². The van der Waals surface area contributed by atoms with Gasteiger partial charge in [0.2, 0.25) is 0 Å². The summed E-state index contributed by atoms with van der Waals surface area (Å²) in [4.78, 5) is 0. The van der Waals surface area contributed by atoms with E-state index in [-0.39, 0.29) is 0 Å². The Hall–Kier alpha value is -1.02. The summed E-state index contributed by atoms with van der Waals surface area (Å²) in [5.74, 6) is 1.07. The van der Waals surface area contributed by atoms with E-state index in [2.05, 4.69) is 18.2 Å². The molecule has 1 aliphatic rings. The lowest BCUT2D eigenvalue weighted by atomic mass is 10.0. The molecule has 0 saturated heterocycles. The number of benzene rings is 1. The molecule has 2 N–H and O–H groups in total. The number of nitrogens with two attached hydrogens (primary N) is 1. The van der Waals surface area contributed by atoms with Crippen molar-refractivity contribution in [2.24, 2.45) is 5.73 Å². The zero-order chi connectivity index (χ0) is 9.80. The number of fused-ring (bicyclic) bond motifs is 1. The Kier molecular flexibility index (Phi) is 3.04. The Balaban J connectivity index is 2.23. The average Bonchev–Trinajstić information content (AvgIpc) is 2.42. The molecule has 0 amide bonds. The monoisotopic (exact) mass is 191 g/mol. The normalized spacial score (nSPS) is 15.5. The van der Waals surface area contributed by atoms with Crippen LogP contribution in [0.3, 0.4) is 0 Å². The molecule has 0 spiro atoms. The Morgan fingerprint density at radius 2 is 2.21 bits per heavy atom. The van der Waals surface area contributed by atoms with Crippen LogP contribution in [0, 0.1) is 0 Å². The van der Waals surface area contributed by atoms with Crippen LogP contribution < -0.4 is 10.5 Å². The van der Waals surface area contributed by atoms with Gasteiger partial charge in [-0.2, -0.15) is 0 Å². The summed E-state index contributed by atoms with van der Waals surface area (Å²) in [6, 6.07) is 6.45. The molecule has 0 saturated carbocycles. The highest BCUT2D eigenvalue weighted by molar-refractivity contribution is 5.38. The maximum absolute atomic E-state index is 5.65. The quantitative estimate of drug-likeness (QED) is 0.775. The average molecular weight is 191 g/mol. The lowest BCUT2D eigenvalue weighted by Crippen LogP contribution is -2.03. The topological polar surface area (TPSA) is 35.2 Å². The second-order valence-electron chi connectivity index (χ2n) is 3.79. The molecule has 2 rings (SSSR count). The maximum Gasteiger partial charge on any atom is 0.122 e. The van der Waals surface area contributed by atoms with Crippen molar-refractivity contribution in [3.05, 3.63) is 29.3 Å². The molecule has 1 aromatic rings. The summed E-state index contributed by atoms with van der Waals surface area (Å²) >= 11 is 0. The summed E-state index contributed by atoms with van der Waals surface area (Å²) in [6.07, 6.45) is 4.51. The maximum atomic E-state index is 5.65. The van der Waals surface area contributed by atoms with Gasteiger partial charge < -0.3 is 10.5 Å². The van der Waals surface area contributed by atoms with E-state index in [1.54, 1.807) is 0 Å². The first-order valence-electron chi connectivity index (χ1n) is 5.35. The molecule has 1 heterocycles. The first kappa shape index (κ1) is 9.53. The SMILES string of the molecule is NCCc1ccc2c(c1)CCCCO2. The smallest absolute Gasteiger partial charge is 0.122 e. The van der Waals surface area contributed by atoms with Crippen molar-refractivity contribution in [1.82, 2.24) is 0 Å². The highest BCUT2D eigenvalue weighted by Crippen LogP contribution is 2.25. The molecule has 0 aromatic heterocycles. The molecule has 1 aliphatic heterocycles. The number of ether oxygens (including phenoxy) is 1. The second-order valence-corrected chi connectivity index (χ2v) is 3.79. The molecule has 0 fully saturated rings. The lowest BCUT2D eigenvalue weighted by molar-refractivity contribution is 0.317. The van der Waals surface area contributed by atoms with Crippen molar-refractivity contribution in [3.63, 3.8) is 0 Å². The van der Waals surface area contributed by atoms with Crippen LogP contribution in [0.5, 0.6) is 5.75 Å². The third-order valence-corrected chi connectivity index (χ3v) is 2.66. The molecule has 2 heteroatoms. The van der Waals surface area contributed by atoms with Crippen LogP contribution in [0.15, 0.2) is 18.2 Å². The summed E-state index contributed by atoms with van der Waals surface area (Å²) in [7, 11) is 0. The van der Waals surface area contributed by atoms with Gasteiger partial charge >= 0.3 is 0 Å². The summed E-state index contributed by atoms with van der Waals surface area (Å²) in [5, 5.41) is 0. The van der Waals surface area contributed by atoms with Crippen molar-refractivity contribution in [1.29, 1.82) is 0 Å². The van der Waals surface area contributed by atoms with Crippen molar-refractivity contribution in [2.75, 3.05) is 13.2 Å². The van der Waals surface area contributed by atoms with E-state index >= 15 is 0 Å². The molecule has 0 bridgehead atoms. The zero-order valence-electron chi connectivity index (χ0n) is 8.46. The molecule has 0 radical (unpaired) electrons. The number of aryl methyl sites for hydroxylation is 1. The number of rotatable bonds is 2. The van der Waals surface area contributed by atoms with E-state index in [1.165, 1.54) is 24.0 Å². The minimum absolute atomic E-state index is 0.722. The molecule has 0 unspecified atom stereocenters. The van der Waals surface area contributed by atoms with E-state index in [0.29, 0.717) is 0 Å². The number of hydrogen-bond donors (Lipinski definition) is 1. The predicted molar refractivity (Wildman–Crippen MR) is 57.6 cm³/mol. The fourth-order valence-corrected chi connectivity index (χ4v) is 1.89. The summed E-state index contributed by atoms with van der Waals surface area (Å²) in [6.45, 7) is 1.59. The van der Waals surface area contributed by atoms with E-state index in [4.69, 9.17) is 10.5 Å². The molecule has 0 atom stereocenters. The van der Waals surface area contributed by atoms with E-state index in [1.807, 2.05) is 0 Å². The third-order valence-electron chi connectivity index (χ3n) is 2.66. The van der Waals surface area contributed by atoms with Gasteiger partial charge in [0.1, 0.15) is 5.75 Å². The van der Waals surface area contributed by atoms with Crippen molar-refractivity contribution in [2.45, 2.75) is 25.7 Å². The molecule has 1 aromatic carbocycles. The summed E-state index contributed by atoms with van der Waals surface area (Å²) < 4.78 is 5.65. The highest BCUT2D eigenvalue weighted by atomic mass is 16.5. The van der Waals surface area contributed by atoms with Crippen LogP contribution in [0.25, 0.3) is 0 Å². The Bertz CT molecular complexity index is 309. The van der Waals surface area contributed by atoms with Crippen molar-refractivity contribution in [3.8, 4) is 5.75 Å². The molecule has 0 aliphatic carbocycles. The van der Waals surface area contributed by atoms with Gasteiger partial charge in [0.15, 0.2) is 0 Å². The Labute approximate surface area is 85.1 Å². The van der Waals surface area contributed by atoms with E-state index < -0.39 is 0 Å². The molecule has 14 heavy (non-hydrogen) atoms. The van der Waals surface area contributed by atoms with Gasteiger partial charge in [-0.25, -0.2) is 0 Å². The Morgan fingerprint density at radius 1 is 1.29 bits per heavy atom. The van der Waals surface area contributed by atoms with E-state index in [9.17, 15) is 0 Å². The van der Waals surface area contributed by atoms with Crippen molar-refractivity contribution >= 4 is 0 Å². The van der Waals surface area contributed by atoms with Gasteiger partial charge in [-0.1, -0.05) is 12.1 Å². The zero-order valence-corrected chi connectivity index (χ0v) is 8.46. The van der Waals surface area contributed by atoms with Gasteiger partial charge in [0.05, 0.1) is 6.61 Å². The van der Waals surface area contributed by atoms with Crippen LogP contribution in [-0.4, -0.2) is 13.2 Å². The molecular formula is C12H17NO. The minimum Gasteiger partial charge on any atom is -0.493 e. The Morgan fingerprint density at radius 3 is 3.07 bits per heavy atom. The third kappa shape index (κ3) is 2.07. The first-order valence-corrected chi connectivity index (χ1v) is 5.35. The summed E-state index contributed by atoms with van der Waals surface area (Å²) in [5.41, 5.74) is 8.22. The molecule has 2 nitrogen and oxygen atoms in total. The number of hydrogen-bond acceptors (Lipinski definition) is 2. The van der Waals surface area contributed by atoms with Gasteiger partial charge in [-0.15, -0.1) is 0 Å². The van der Waals surface area contributed by atoms with Gasteiger partial charge in [-0.05, 0) is 49.4 Å². The van der Waals surface area contributed by atoms with Crippen molar-refractivity contribution < 1.29 is 4.74 Å². The fourth-order valence-electron chi connectivity index (χ4n) is 1.89. The highest BCUT2D eigenvalue weighted by Gasteiger charge is 2.08. The van der Waals surface area contributed by atoms with Crippen LogP contribution in [0.4, 0.5) is 0 Å². The fraction of sp³-hybridized carbons (Fsp3) is 0.500. The lowest BCUT2D eigenvalue weighted by Gasteiger charge is -2.08.